The SMILES string of the molecule is CC(C)OC1CC(NC(=O)c2cccc([N+](=O)[O-])c2)C1(C)C. The molecular weight excluding hydrogens is 284 g/mol. The maximum absolute atomic E-state index is 12.3. The fourth-order valence-corrected chi connectivity index (χ4v) is 2.69. The maximum Gasteiger partial charge on any atom is 0.270 e. The molecule has 0 bridgehead atoms. The molecule has 1 fully saturated rings. The number of rotatable bonds is 5. The number of nitro benzene ring substituents is 1. The van der Waals surface area contributed by atoms with Gasteiger partial charge in [-0.2, -0.15) is 0 Å². The van der Waals surface area contributed by atoms with Gasteiger partial charge in [0.25, 0.3) is 11.6 Å². The zero-order valence-electron chi connectivity index (χ0n) is 13.3. The van der Waals surface area contributed by atoms with Crippen LogP contribution in [-0.4, -0.2) is 29.1 Å². The molecule has 6 nitrogen and oxygen atoms in total. The second-order valence-electron chi connectivity index (χ2n) is 6.56. The molecule has 1 aliphatic rings. The molecule has 0 heterocycles. The lowest BCUT2D eigenvalue weighted by Gasteiger charge is -2.52. The van der Waals surface area contributed by atoms with Crippen molar-refractivity contribution in [2.24, 2.45) is 5.41 Å². The highest BCUT2D eigenvalue weighted by molar-refractivity contribution is 5.95. The summed E-state index contributed by atoms with van der Waals surface area (Å²) in [4.78, 5) is 22.5. The lowest BCUT2D eigenvalue weighted by atomic mass is 9.64. The number of carbonyl (C=O) groups excluding carboxylic acids is 1. The van der Waals surface area contributed by atoms with E-state index in [-0.39, 0.29) is 35.3 Å². The van der Waals surface area contributed by atoms with Crippen LogP contribution in [0.15, 0.2) is 24.3 Å². The number of non-ortho nitro benzene ring substituents is 1. The molecule has 1 amide bonds. The van der Waals surface area contributed by atoms with Crippen molar-refractivity contribution in [3.63, 3.8) is 0 Å². The number of ether oxygens (including phenoxy) is 1. The van der Waals surface area contributed by atoms with E-state index < -0.39 is 4.92 Å². The minimum atomic E-state index is -0.503. The Morgan fingerprint density at radius 2 is 2.14 bits per heavy atom. The Bertz CT molecular complexity index is 583. The number of nitro groups is 1. The van der Waals surface area contributed by atoms with Gasteiger partial charge in [-0.25, -0.2) is 0 Å². The highest BCUT2D eigenvalue weighted by atomic mass is 16.6. The molecule has 120 valence electrons. The molecule has 2 atom stereocenters. The summed E-state index contributed by atoms with van der Waals surface area (Å²) < 4.78 is 5.83. The third-order valence-corrected chi connectivity index (χ3v) is 4.24. The van der Waals surface area contributed by atoms with Gasteiger partial charge in [0.05, 0.1) is 17.1 Å². The summed E-state index contributed by atoms with van der Waals surface area (Å²) in [7, 11) is 0. The molecule has 1 N–H and O–H groups in total. The highest BCUT2D eigenvalue weighted by Gasteiger charge is 2.50. The Morgan fingerprint density at radius 3 is 2.68 bits per heavy atom. The van der Waals surface area contributed by atoms with E-state index in [1.54, 1.807) is 6.07 Å². The van der Waals surface area contributed by atoms with Gasteiger partial charge in [-0.15, -0.1) is 0 Å². The molecule has 22 heavy (non-hydrogen) atoms. The van der Waals surface area contributed by atoms with Gasteiger partial charge in [0.1, 0.15) is 0 Å². The van der Waals surface area contributed by atoms with Crippen molar-refractivity contribution in [1.82, 2.24) is 5.32 Å². The summed E-state index contributed by atoms with van der Waals surface area (Å²) in [6, 6.07) is 5.77. The number of carbonyl (C=O) groups is 1. The second-order valence-corrected chi connectivity index (χ2v) is 6.56. The first-order chi connectivity index (χ1) is 10.2. The summed E-state index contributed by atoms with van der Waals surface area (Å²) in [6.45, 7) is 8.10. The molecule has 0 aliphatic heterocycles. The average molecular weight is 306 g/mol. The zero-order chi connectivity index (χ0) is 16.5. The molecule has 1 aromatic carbocycles. The van der Waals surface area contributed by atoms with E-state index in [4.69, 9.17) is 4.74 Å². The predicted octanol–water partition coefficient (Wildman–Crippen LogP) is 2.92. The van der Waals surface area contributed by atoms with Crippen LogP contribution in [0.5, 0.6) is 0 Å². The average Bonchev–Trinajstić information content (AvgIpc) is 2.45. The maximum atomic E-state index is 12.3. The van der Waals surface area contributed by atoms with Gasteiger partial charge in [0.2, 0.25) is 0 Å². The van der Waals surface area contributed by atoms with Gasteiger partial charge in [-0.05, 0) is 26.3 Å². The fourth-order valence-electron chi connectivity index (χ4n) is 2.69. The van der Waals surface area contributed by atoms with Gasteiger partial charge in [-0.1, -0.05) is 19.9 Å². The van der Waals surface area contributed by atoms with Crippen molar-refractivity contribution < 1.29 is 14.5 Å². The van der Waals surface area contributed by atoms with Crippen molar-refractivity contribution in [3.8, 4) is 0 Å². The van der Waals surface area contributed by atoms with Crippen LogP contribution in [0, 0.1) is 15.5 Å². The molecular formula is C16H22N2O4. The normalized spacial score (nSPS) is 23.0. The molecule has 1 saturated carbocycles. The Balaban J connectivity index is 2.02. The van der Waals surface area contributed by atoms with E-state index in [0.717, 1.165) is 6.42 Å². The molecule has 2 unspecified atom stereocenters. The van der Waals surface area contributed by atoms with E-state index in [0.29, 0.717) is 5.56 Å². The van der Waals surface area contributed by atoms with Gasteiger partial charge in [0, 0.05) is 29.2 Å². The van der Waals surface area contributed by atoms with Gasteiger partial charge in [-0.3, -0.25) is 14.9 Å². The summed E-state index contributed by atoms with van der Waals surface area (Å²) >= 11 is 0. The standard InChI is InChI=1S/C16H22N2O4/c1-10(2)22-14-9-13(16(14,3)4)17-15(19)11-6-5-7-12(8-11)18(20)21/h5-8,10,13-14H,9H2,1-4H3,(H,17,19). The smallest absolute Gasteiger partial charge is 0.270 e. The van der Waals surface area contributed by atoms with Gasteiger partial charge < -0.3 is 10.1 Å². The molecule has 2 rings (SSSR count). The first kappa shape index (κ1) is 16.4. The third kappa shape index (κ3) is 3.27. The summed E-state index contributed by atoms with van der Waals surface area (Å²) in [6.07, 6.45) is 1.02. The van der Waals surface area contributed by atoms with Crippen LogP contribution in [0.2, 0.25) is 0 Å². The molecule has 6 heteroatoms. The lowest BCUT2D eigenvalue weighted by Crippen LogP contribution is -2.62. The first-order valence-corrected chi connectivity index (χ1v) is 7.42. The van der Waals surface area contributed by atoms with Crippen molar-refractivity contribution in [2.45, 2.75) is 52.4 Å². The minimum Gasteiger partial charge on any atom is -0.375 e. The number of hydrogen-bond acceptors (Lipinski definition) is 4. The van der Waals surface area contributed by atoms with Crippen molar-refractivity contribution in [1.29, 1.82) is 0 Å². The Morgan fingerprint density at radius 1 is 1.45 bits per heavy atom. The summed E-state index contributed by atoms with van der Waals surface area (Å²) in [5.41, 5.74) is 0.0699. The topological polar surface area (TPSA) is 81.5 Å². The van der Waals surface area contributed by atoms with Gasteiger partial charge >= 0.3 is 0 Å². The molecule has 0 radical (unpaired) electrons. The van der Waals surface area contributed by atoms with Crippen LogP contribution >= 0.6 is 0 Å². The van der Waals surface area contributed by atoms with E-state index in [1.165, 1.54) is 18.2 Å². The van der Waals surface area contributed by atoms with E-state index in [9.17, 15) is 14.9 Å². The number of nitrogens with zero attached hydrogens (tertiary/aromatic N) is 1. The fraction of sp³-hybridized carbons (Fsp3) is 0.562. The number of hydrogen-bond donors (Lipinski definition) is 1. The quantitative estimate of drug-likeness (QED) is 0.670. The zero-order valence-corrected chi connectivity index (χ0v) is 13.3. The summed E-state index contributed by atoms with van der Waals surface area (Å²) in [5, 5.41) is 13.7. The third-order valence-electron chi connectivity index (χ3n) is 4.24. The van der Waals surface area contributed by atoms with E-state index in [1.807, 2.05) is 13.8 Å². The number of benzene rings is 1. The van der Waals surface area contributed by atoms with Crippen molar-refractivity contribution in [2.75, 3.05) is 0 Å². The minimum absolute atomic E-state index is 0.00279. The van der Waals surface area contributed by atoms with Crippen molar-refractivity contribution >= 4 is 11.6 Å². The van der Waals surface area contributed by atoms with Crippen LogP contribution in [0.1, 0.15) is 44.5 Å². The molecule has 0 saturated heterocycles. The van der Waals surface area contributed by atoms with Crippen molar-refractivity contribution in [3.05, 3.63) is 39.9 Å². The number of amides is 1. The Labute approximate surface area is 130 Å². The molecule has 0 spiro atoms. The Kier molecular flexibility index (Phi) is 4.51. The second kappa shape index (κ2) is 6.04. The van der Waals surface area contributed by atoms with Crippen LogP contribution in [0.25, 0.3) is 0 Å². The first-order valence-electron chi connectivity index (χ1n) is 7.42. The summed E-state index contributed by atoms with van der Waals surface area (Å²) in [5.74, 6) is -0.287. The lowest BCUT2D eigenvalue weighted by molar-refractivity contribution is -0.384. The highest BCUT2D eigenvalue weighted by Crippen LogP contribution is 2.43. The van der Waals surface area contributed by atoms with Crippen LogP contribution in [0.3, 0.4) is 0 Å². The van der Waals surface area contributed by atoms with Gasteiger partial charge in [0.15, 0.2) is 0 Å². The van der Waals surface area contributed by atoms with Crippen LogP contribution in [-0.2, 0) is 4.74 Å². The van der Waals surface area contributed by atoms with E-state index in [2.05, 4.69) is 19.2 Å². The van der Waals surface area contributed by atoms with E-state index >= 15 is 0 Å². The Hall–Kier alpha value is -1.95. The number of nitrogens with one attached hydrogen (secondary N) is 1. The van der Waals surface area contributed by atoms with Crippen LogP contribution in [0.4, 0.5) is 5.69 Å². The molecule has 0 aromatic heterocycles. The van der Waals surface area contributed by atoms with Crippen LogP contribution < -0.4 is 5.32 Å². The monoisotopic (exact) mass is 306 g/mol. The predicted molar refractivity (Wildman–Crippen MR) is 82.8 cm³/mol. The molecule has 1 aromatic rings. The largest absolute Gasteiger partial charge is 0.375 e. The molecule has 1 aliphatic carbocycles.